The van der Waals surface area contributed by atoms with Crippen LogP contribution in [0, 0.1) is 31.3 Å². The van der Waals surface area contributed by atoms with Crippen molar-refractivity contribution in [2.45, 2.75) is 29.4 Å². The molecule has 0 aromatic heterocycles. The van der Waals surface area contributed by atoms with Crippen LogP contribution in [0.3, 0.4) is 0 Å². The van der Waals surface area contributed by atoms with E-state index in [-0.39, 0.29) is 21.2 Å². The second-order valence-electron chi connectivity index (χ2n) is 7.64. The van der Waals surface area contributed by atoms with Gasteiger partial charge in [0, 0.05) is 22.6 Å². The molecular weight excluding hydrogens is 471 g/mol. The lowest BCUT2D eigenvalue weighted by molar-refractivity contribution is -0.112. The van der Waals surface area contributed by atoms with Crippen LogP contribution < -0.4 is 5.32 Å². The fraction of sp³-hybridized carbons (Fsp3) is 0.125. The van der Waals surface area contributed by atoms with E-state index in [1.165, 1.54) is 18.2 Å². The zero-order valence-electron chi connectivity index (χ0n) is 17.6. The first-order valence-electron chi connectivity index (χ1n) is 9.82. The largest absolute Gasteiger partial charge is 0.320 e. The van der Waals surface area contributed by atoms with Crippen LogP contribution >= 0.6 is 11.8 Å². The third kappa shape index (κ3) is 4.69. The Balaban J connectivity index is 1.65. The van der Waals surface area contributed by atoms with Crippen molar-refractivity contribution < 1.29 is 26.4 Å². The lowest BCUT2D eigenvalue weighted by atomic mass is 10.1. The Bertz CT molecular complexity index is 1390. The van der Waals surface area contributed by atoms with Gasteiger partial charge in [0.1, 0.15) is 17.5 Å². The Hall–Kier alpha value is -3.04. The number of nitrogens with one attached hydrogen (secondary N) is 1. The fourth-order valence-corrected chi connectivity index (χ4v) is 5.99. The minimum absolute atomic E-state index is 0.0157. The summed E-state index contributed by atoms with van der Waals surface area (Å²) in [6, 6.07) is 11.0. The summed E-state index contributed by atoms with van der Waals surface area (Å²) in [7, 11) is -3.70. The average Bonchev–Trinajstić information content (AvgIpc) is 2.73. The summed E-state index contributed by atoms with van der Waals surface area (Å²) >= 11 is 0.937. The van der Waals surface area contributed by atoms with Gasteiger partial charge in [-0.05, 0) is 54.8 Å². The predicted molar refractivity (Wildman–Crippen MR) is 122 cm³/mol. The van der Waals surface area contributed by atoms with Gasteiger partial charge in [-0.25, -0.2) is 21.6 Å². The van der Waals surface area contributed by atoms with Gasteiger partial charge in [0.25, 0.3) is 5.91 Å². The molecule has 0 bridgehead atoms. The molecule has 0 radical (unpaired) electrons. The van der Waals surface area contributed by atoms with Crippen LogP contribution in [0.2, 0.25) is 0 Å². The monoisotopic (exact) mass is 489 g/mol. The minimum Gasteiger partial charge on any atom is -0.320 e. The van der Waals surface area contributed by atoms with E-state index in [0.717, 1.165) is 34.5 Å². The van der Waals surface area contributed by atoms with Crippen molar-refractivity contribution in [3.05, 3.63) is 93.1 Å². The van der Waals surface area contributed by atoms with E-state index in [4.69, 9.17) is 0 Å². The number of carbonyl (C=O) groups excluding carboxylic acids is 1. The van der Waals surface area contributed by atoms with Crippen molar-refractivity contribution in [2.24, 2.45) is 0 Å². The third-order valence-electron chi connectivity index (χ3n) is 5.30. The second kappa shape index (κ2) is 8.72. The first kappa shape index (κ1) is 23.1. The van der Waals surface area contributed by atoms with Crippen LogP contribution in [0.25, 0.3) is 6.08 Å². The highest BCUT2D eigenvalue weighted by Gasteiger charge is 2.25. The van der Waals surface area contributed by atoms with Crippen molar-refractivity contribution >= 4 is 39.3 Å². The maximum absolute atomic E-state index is 14.0. The van der Waals surface area contributed by atoms with E-state index in [2.05, 4.69) is 5.32 Å². The lowest BCUT2D eigenvalue weighted by Gasteiger charge is -2.20. The summed E-state index contributed by atoms with van der Waals surface area (Å²) < 4.78 is 67.2. The van der Waals surface area contributed by atoms with Gasteiger partial charge in [-0.3, -0.25) is 4.79 Å². The van der Waals surface area contributed by atoms with Crippen molar-refractivity contribution in [2.75, 3.05) is 5.32 Å². The number of halogens is 3. The van der Waals surface area contributed by atoms with Gasteiger partial charge in [0.15, 0.2) is 9.84 Å². The van der Waals surface area contributed by atoms with Crippen LogP contribution in [-0.2, 0) is 20.4 Å². The first-order valence-corrected chi connectivity index (χ1v) is 12.3. The molecule has 9 heteroatoms. The minimum atomic E-state index is -3.70. The molecular formula is C24H18F3NO3S2. The number of carbonyl (C=O) groups is 1. The molecule has 0 aliphatic carbocycles. The molecule has 0 saturated heterocycles. The zero-order chi connectivity index (χ0) is 23.9. The van der Waals surface area contributed by atoms with Crippen LogP contribution in [0.1, 0.15) is 22.3 Å². The summed E-state index contributed by atoms with van der Waals surface area (Å²) in [5.74, 6) is -4.16. The molecule has 33 heavy (non-hydrogen) atoms. The number of sulfone groups is 1. The smallest absolute Gasteiger partial charge is 0.262 e. The molecule has 170 valence electrons. The molecule has 0 unspecified atom stereocenters. The van der Waals surface area contributed by atoms with E-state index < -0.39 is 38.8 Å². The standard InChI is InChI=1S/C24H18F3NO3S2/c1-13-4-3-5-14(2)18(13)12-33(30,31)16-6-7-22-21(10-16)28-24(29)23(32-22)11-17-19(26)8-15(25)9-20(17)27/h3-11H,12H2,1-2H3,(H,28,29)/b23-11-. The summed E-state index contributed by atoms with van der Waals surface area (Å²) in [6.07, 6.45) is 0.999. The lowest BCUT2D eigenvalue weighted by Crippen LogP contribution is -2.18. The molecule has 4 nitrogen and oxygen atoms in total. The van der Waals surface area contributed by atoms with Gasteiger partial charge in [0.05, 0.1) is 21.2 Å². The molecule has 1 aliphatic heterocycles. The predicted octanol–water partition coefficient (Wildman–Crippen LogP) is 5.78. The number of fused-ring (bicyclic) bond motifs is 1. The summed E-state index contributed by atoms with van der Waals surface area (Å²) in [5, 5.41) is 2.57. The van der Waals surface area contributed by atoms with Crippen LogP contribution in [0.15, 0.2) is 63.2 Å². The van der Waals surface area contributed by atoms with E-state index in [9.17, 15) is 26.4 Å². The van der Waals surface area contributed by atoms with Crippen LogP contribution in [0.4, 0.5) is 18.9 Å². The molecule has 4 rings (SSSR count). The van der Waals surface area contributed by atoms with E-state index in [0.29, 0.717) is 17.0 Å². The quantitative estimate of drug-likeness (QED) is 0.472. The number of thioether (sulfide) groups is 1. The fourth-order valence-electron chi connectivity index (χ4n) is 3.51. The summed E-state index contributed by atoms with van der Waals surface area (Å²) in [4.78, 5) is 13.1. The number of amides is 1. The van der Waals surface area contributed by atoms with Gasteiger partial charge in [-0.2, -0.15) is 0 Å². The number of anilines is 1. The first-order chi connectivity index (χ1) is 15.5. The SMILES string of the molecule is Cc1cccc(C)c1CS(=O)(=O)c1ccc2c(c1)NC(=O)/C(=C/c1c(F)cc(F)cc1F)S2. The number of hydrogen-bond donors (Lipinski definition) is 1. The van der Waals surface area contributed by atoms with Crippen molar-refractivity contribution in [3.63, 3.8) is 0 Å². The molecule has 0 spiro atoms. The molecule has 3 aromatic carbocycles. The number of hydrogen-bond acceptors (Lipinski definition) is 4. The Kier molecular flexibility index (Phi) is 6.11. The van der Waals surface area contributed by atoms with Crippen molar-refractivity contribution in [1.82, 2.24) is 0 Å². The molecule has 1 aliphatic rings. The highest BCUT2D eigenvalue weighted by Crippen LogP contribution is 2.40. The number of benzene rings is 3. The highest BCUT2D eigenvalue weighted by molar-refractivity contribution is 8.04. The number of aryl methyl sites for hydroxylation is 2. The maximum atomic E-state index is 14.0. The average molecular weight is 490 g/mol. The Morgan fingerprint density at radius 2 is 1.61 bits per heavy atom. The molecule has 1 N–H and O–H groups in total. The Morgan fingerprint density at radius 3 is 2.24 bits per heavy atom. The molecule has 1 amide bonds. The molecule has 3 aromatic rings. The van der Waals surface area contributed by atoms with Crippen LogP contribution in [-0.4, -0.2) is 14.3 Å². The van der Waals surface area contributed by atoms with E-state index >= 15 is 0 Å². The Labute approximate surface area is 193 Å². The molecule has 0 fully saturated rings. The van der Waals surface area contributed by atoms with Gasteiger partial charge >= 0.3 is 0 Å². The Morgan fingerprint density at radius 1 is 0.970 bits per heavy atom. The van der Waals surface area contributed by atoms with E-state index in [1.54, 1.807) is 0 Å². The third-order valence-corrected chi connectivity index (χ3v) is 8.04. The zero-order valence-corrected chi connectivity index (χ0v) is 19.2. The maximum Gasteiger partial charge on any atom is 0.262 e. The second-order valence-corrected chi connectivity index (χ2v) is 10.7. The topological polar surface area (TPSA) is 63.2 Å². The number of rotatable bonds is 4. The van der Waals surface area contributed by atoms with Crippen molar-refractivity contribution in [1.29, 1.82) is 0 Å². The van der Waals surface area contributed by atoms with Gasteiger partial charge in [0.2, 0.25) is 0 Å². The van der Waals surface area contributed by atoms with Gasteiger partial charge < -0.3 is 5.32 Å². The van der Waals surface area contributed by atoms with Gasteiger partial charge in [-0.15, -0.1) is 0 Å². The summed E-state index contributed by atoms with van der Waals surface area (Å²) in [5.41, 5.74) is 2.21. The molecule has 0 saturated carbocycles. The molecule has 0 atom stereocenters. The van der Waals surface area contributed by atoms with Gasteiger partial charge in [-0.1, -0.05) is 30.0 Å². The van der Waals surface area contributed by atoms with Crippen LogP contribution in [0.5, 0.6) is 0 Å². The van der Waals surface area contributed by atoms with E-state index in [1.807, 2.05) is 32.0 Å². The normalized spacial score (nSPS) is 14.8. The van der Waals surface area contributed by atoms with Crippen molar-refractivity contribution in [3.8, 4) is 0 Å². The summed E-state index contributed by atoms with van der Waals surface area (Å²) in [6.45, 7) is 3.70. The highest BCUT2D eigenvalue weighted by atomic mass is 32.2. The molecule has 1 heterocycles.